The zero-order valence-corrected chi connectivity index (χ0v) is 16.3. The molecular formula is C21H25NO5. The van der Waals surface area contributed by atoms with Crippen LogP contribution in [0.4, 0.5) is 0 Å². The van der Waals surface area contributed by atoms with E-state index in [0.29, 0.717) is 35.1 Å². The van der Waals surface area contributed by atoms with E-state index in [1.54, 1.807) is 14.2 Å². The Morgan fingerprint density at radius 3 is 2.59 bits per heavy atom. The Hall–Kier alpha value is -2.57. The predicted octanol–water partition coefficient (Wildman–Crippen LogP) is 3.72. The lowest BCUT2D eigenvalue weighted by Crippen LogP contribution is -2.36. The lowest BCUT2D eigenvalue weighted by molar-refractivity contribution is -0.181. The fraction of sp³-hybridized carbons (Fsp3) is 0.381. The van der Waals surface area contributed by atoms with Gasteiger partial charge in [0.05, 0.1) is 38.8 Å². The number of rotatable bonds is 5. The first-order valence-electron chi connectivity index (χ1n) is 8.75. The summed E-state index contributed by atoms with van der Waals surface area (Å²) >= 11 is 0. The van der Waals surface area contributed by atoms with Gasteiger partial charge in [0.1, 0.15) is 5.75 Å². The first-order valence-corrected chi connectivity index (χ1v) is 8.75. The van der Waals surface area contributed by atoms with Crippen molar-refractivity contribution in [2.75, 3.05) is 14.2 Å². The molecule has 0 fully saturated rings. The summed E-state index contributed by atoms with van der Waals surface area (Å²) in [7, 11) is 3.21. The smallest absolute Gasteiger partial charge is 0.205 e. The molecule has 1 aromatic carbocycles. The summed E-state index contributed by atoms with van der Waals surface area (Å²) in [5.41, 5.74) is 3.95. The standard InChI is InChI=1S/C21H25NO5/c1-13-20-16(12-26-21(2,3)27-20)15(11-23)17(22-13)8-6-14-7-9-18(24-4)19(10-14)25-5/h6-10,23H,11-12H2,1-5H3/b8-6+. The monoisotopic (exact) mass is 371 g/mol. The molecule has 2 aromatic rings. The Labute approximate surface area is 159 Å². The van der Waals surface area contributed by atoms with E-state index in [9.17, 15) is 5.11 Å². The fourth-order valence-electron chi connectivity index (χ4n) is 3.06. The van der Waals surface area contributed by atoms with Gasteiger partial charge in [0.15, 0.2) is 11.5 Å². The van der Waals surface area contributed by atoms with Crippen LogP contribution in [0.5, 0.6) is 17.2 Å². The number of hydrogen-bond donors (Lipinski definition) is 1. The molecule has 3 rings (SSSR count). The molecule has 27 heavy (non-hydrogen) atoms. The normalized spacial score (nSPS) is 15.3. The molecule has 0 saturated heterocycles. The summed E-state index contributed by atoms with van der Waals surface area (Å²) in [6.45, 7) is 5.85. The van der Waals surface area contributed by atoms with Crippen molar-refractivity contribution in [2.24, 2.45) is 0 Å². The molecule has 0 aliphatic carbocycles. The van der Waals surface area contributed by atoms with Crippen molar-refractivity contribution < 1.29 is 24.1 Å². The highest BCUT2D eigenvalue weighted by molar-refractivity contribution is 5.72. The van der Waals surface area contributed by atoms with Crippen LogP contribution in [0, 0.1) is 6.92 Å². The molecule has 1 aliphatic heterocycles. The van der Waals surface area contributed by atoms with Crippen LogP contribution < -0.4 is 14.2 Å². The van der Waals surface area contributed by atoms with Gasteiger partial charge in [-0.05, 0) is 30.7 Å². The largest absolute Gasteiger partial charge is 0.493 e. The van der Waals surface area contributed by atoms with Crippen LogP contribution in [-0.4, -0.2) is 30.1 Å². The van der Waals surface area contributed by atoms with Gasteiger partial charge in [-0.1, -0.05) is 12.1 Å². The van der Waals surface area contributed by atoms with Gasteiger partial charge in [-0.2, -0.15) is 0 Å². The minimum atomic E-state index is -0.705. The van der Waals surface area contributed by atoms with Crippen molar-refractivity contribution in [3.05, 3.63) is 46.3 Å². The number of aryl methyl sites for hydroxylation is 1. The van der Waals surface area contributed by atoms with E-state index >= 15 is 0 Å². The van der Waals surface area contributed by atoms with Gasteiger partial charge in [0.2, 0.25) is 5.79 Å². The SMILES string of the molecule is COc1ccc(/C=C/c2nc(C)c3c(c2CO)COC(C)(C)O3)cc1OC. The number of aliphatic hydroxyl groups excluding tert-OH is 1. The van der Waals surface area contributed by atoms with Crippen LogP contribution in [0.2, 0.25) is 0 Å². The molecule has 0 radical (unpaired) electrons. The third-order valence-corrected chi connectivity index (χ3v) is 4.48. The van der Waals surface area contributed by atoms with E-state index in [4.69, 9.17) is 18.9 Å². The lowest BCUT2D eigenvalue weighted by Gasteiger charge is -2.34. The molecule has 0 atom stereocenters. The van der Waals surface area contributed by atoms with Gasteiger partial charge in [-0.3, -0.25) is 0 Å². The summed E-state index contributed by atoms with van der Waals surface area (Å²) in [6.07, 6.45) is 3.80. The molecule has 0 saturated carbocycles. The lowest BCUT2D eigenvalue weighted by atomic mass is 10.0. The molecule has 0 amide bonds. The van der Waals surface area contributed by atoms with Crippen molar-refractivity contribution >= 4 is 12.2 Å². The Morgan fingerprint density at radius 1 is 1.19 bits per heavy atom. The van der Waals surface area contributed by atoms with Gasteiger partial charge < -0.3 is 24.1 Å². The third-order valence-electron chi connectivity index (χ3n) is 4.48. The molecule has 6 nitrogen and oxygen atoms in total. The number of pyridine rings is 1. The van der Waals surface area contributed by atoms with Crippen molar-refractivity contribution in [1.82, 2.24) is 4.98 Å². The van der Waals surface area contributed by atoms with Gasteiger partial charge in [-0.15, -0.1) is 0 Å². The highest BCUT2D eigenvalue weighted by Crippen LogP contribution is 2.37. The molecular weight excluding hydrogens is 346 g/mol. The summed E-state index contributed by atoms with van der Waals surface area (Å²) in [5.74, 6) is 1.31. The van der Waals surface area contributed by atoms with E-state index < -0.39 is 5.79 Å². The minimum absolute atomic E-state index is 0.144. The molecule has 0 spiro atoms. The number of nitrogens with zero attached hydrogens (tertiary/aromatic N) is 1. The van der Waals surface area contributed by atoms with Gasteiger partial charge in [0.25, 0.3) is 0 Å². The molecule has 0 bridgehead atoms. The quantitative estimate of drug-likeness (QED) is 0.864. The maximum atomic E-state index is 9.92. The van der Waals surface area contributed by atoms with Crippen molar-refractivity contribution in [2.45, 2.75) is 39.8 Å². The van der Waals surface area contributed by atoms with Crippen LogP contribution in [0.15, 0.2) is 18.2 Å². The predicted molar refractivity (Wildman–Crippen MR) is 103 cm³/mol. The van der Waals surface area contributed by atoms with Crippen molar-refractivity contribution in [1.29, 1.82) is 0 Å². The Bertz CT molecular complexity index is 873. The second kappa shape index (κ2) is 7.58. The third kappa shape index (κ3) is 3.91. The number of benzene rings is 1. The molecule has 1 aromatic heterocycles. The van der Waals surface area contributed by atoms with E-state index in [1.165, 1.54) is 0 Å². The average molecular weight is 371 g/mol. The average Bonchev–Trinajstić information content (AvgIpc) is 2.66. The molecule has 1 N–H and O–H groups in total. The summed E-state index contributed by atoms with van der Waals surface area (Å²) < 4.78 is 22.3. The second-order valence-electron chi connectivity index (χ2n) is 6.77. The van der Waals surface area contributed by atoms with E-state index in [-0.39, 0.29) is 6.61 Å². The zero-order valence-electron chi connectivity index (χ0n) is 16.3. The minimum Gasteiger partial charge on any atom is -0.493 e. The van der Waals surface area contributed by atoms with Gasteiger partial charge >= 0.3 is 0 Å². The molecule has 6 heteroatoms. The van der Waals surface area contributed by atoms with E-state index in [1.807, 2.05) is 51.1 Å². The maximum Gasteiger partial charge on any atom is 0.205 e. The molecule has 1 aliphatic rings. The molecule has 2 heterocycles. The zero-order chi connectivity index (χ0) is 19.6. The number of fused-ring (bicyclic) bond motifs is 1. The highest BCUT2D eigenvalue weighted by Gasteiger charge is 2.31. The number of aromatic nitrogens is 1. The fourth-order valence-corrected chi connectivity index (χ4v) is 3.06. The second-order valence-corrected chi connectivity index (χ2v) is 6.77. The summed E-state index contributed by atoms with van der Waals surface area (Å²) in [5, 5.41) is 9.92. The van der Waals surface area contributed by atoms with Gasteiger partial charge in [0, 0.05) is 25.0 Å². The molecule has 144 valence electrons. The summed E-state index contributed by atoms with van der Waals surface area (Å²) in [4.78, 5) is 4.63. The summed E-state index contributed by atoms with van der Waals surface area (Å²) in [6, 6.07) is 5.66. The van der Waals surface area contributed by atoms with Crippen molar-refractivity contribution in [3.8, 4) is 17.2 Å². The van der Waals surface area contributed by atoms with Crippen LogP contribution in [-0.2, 0) is 18.0 Å². The Kier molecular flexibility index (Phi) is 5.39. The van der Waals surface area contributed by atoms with Gasteiger partial charge in [-0.25, -0.2) is 4.98 Å². The van der Waals surface area contributed by atoms with Crippen LogP contribution in [0.1, 0.15) is 41.9 Å². The Morgan fingerprint density at radius 2 is 1.93 bits per heavy atom. The number of methoxy groups -OCH3 is 2. The van der Waals surface area contributed by atoms with Crippen LogP contribution in [0.25, 0.3) is 12.2 Å². The van der Waals surface area contributed by atoms with E-state index in [2.05, 4.69) is 4.98 Å². The molecule has 0 unspecified atom stereocenters. The number of ether oxygens (including phenoxy) is 4. The Balaban J connectivity index is 1.98. The number of aliphatic hydroxyl groups is 1. The first kappa shape index (κ1) is 19.2. The number of hydrogen-bond acceptors (Lipinski definition) is 6. The van der Waals surface area contributed by atoms with E-state index in [0.717, 1.165) is 16.8 Å². The van der Waals surface area contributed by atoms with Crippen molar-refractivity contribution in [3.63, 3.8) is 0 Å². The first-order chi connectivity index (χ1) is 12.9. The highest BCUT2D eigenvalue weighted by atomic mass is 16.7. The van der Waals surface area contributed by atoms with Crippen LogP contribution in [0.3, 0.4) is 0 Å². The topological polar surface area (TPSA) is 70.0 Å². The van der Waals surface area contributed by atoms with Crippen LogP contribution >= 0.6 is 0 Å². The maximum absolute atomic E-state index is 9.92.